The number of alkyl halides is 3. The van der Waals surface area contributed by atoms with Crippen LogP contribution in [0, 0.1) is 0 Å². The maximum Gasteiger partial charge on any atom is 0.183 e. The molecule has 1 unspecified atom stereocenters. The summed E-state index contributed by atoms with van der Waals surface area (Å²) < 4.78 is 43.7. The van der Waals surface area contributed by atoms with E-state index in [1.54, 1.807) is 14.0 Å². The fourth-order valence-electron chi connectivity index (χ4n) is 1.96. The monoisotopic (exact) mass is 394 g/mol. The van der Waals surface area contributed by atoms with E-state index in [9.17, 15) is 13.2 Å². The van der Waals surface area contributed by atoms with Gasteiger partial charge in [0.25, 0.3) is 0 Å². The Hall–Kier alpha value is 0.680. The Labute approximate surface area is 153 Å². The Morgan fingerprint density at radius 1 is 0.783 bits per heavy atom. The van der Waals surface area contributed by atoms with E-state index in [-0.39, 0.29) is 37.6 Å². The van der Waals surface area contributed by atoms with Crippen molar-refractivity contribution >= 4 is 37.9 Å². The van der Waals surface area contributed by atoms with Crippen LogP contribution in [0.5, 0.6) is 0 Å². The van der Waals surface area contributed by atoms with Gasteiger partial charge in [-0.05, 0) is 19.3 Å². The molecule has 0 aliphatic rings. The van der Waals surface area contributed by atoms with Gasteiger partial charge in [-0.15, -0.1) is 0 Å². The molecule has 0 aromatic carbocycles. The van der Waals surface area contributed by atoms with E-state index in [0.29, 0.717) is 12.3 Å². The van der Waals surface area contributed by atoms with Crippen LogP contribution in [-0.4, -0.2) is 67.9 Å². The van der Waals surface area contributed by atoms with Crippen LogP contribution >= 0.6 is 37.9 Å². The van der Waals surface area contributed by atoms with Crippen LogP contribution < -0.4 is 21.3 Å². The molecule has 0 fully saturated rings. The number of likely N-dealkylation sites (N-methyl/N-ethyl adjacent to an activating group) is 2. The number of nitrogens with one attached hydrogen (secondary N) is 4. The van der Waals surface area contributed by atoms with Crippen molar-refractivity contribution in [1.82, 2.24) is 21.3 Å². The second-order valence-electron chi connectivity index (χ2n) is 5.45. The molecule has 0 aliphatic carbocycles. The van der Waals surface area contributed by atoms with Gasteiger partial charge in [0, 0.05) is 37.6 Å². The van der Waals surface area contributed by atoms with Gasteiger partial charge in [0.1, 0.15) is 0 Å². The molecule has 0 amide bonds. The maximum atomic E-state index is 14.8. The summed E-state index contributed by atoms with van der Waals surface area (Å²) in [5, 5.41) is 10.4. The minimum absolute atomic E-state index is 0.0112. The summed E-state index contributed by atoms with van der Waals surface area (Å²) >= 11 is 11.9. The van der Waals surface area contributed by atoms with Crippen LogP contribution in [0.1, 0.15) is 13.3 Å². The molecule has 0 rings (SSSR count). The van der Waals surface area contributed by atoms with Crippen molar-refractivity contribution in [2.75, 3.05) is 50.5 Å². The summed E-state index contributed by atoms with van der Waals surface area (Å²) in [6.07, 6.45) is 0.112. The third kappa shape index (κ3) is 9.08. The average molecular weight is 395 g/mol. The molecule has 0 radical (unpaired) electrons. The summed E-state index contributed by atoms with van der Waals surface area (Å²) in [6.45, 7) is 1.48. The highest BCUT2D eigenvalue weighted by Crippen LogP contribution is 2.17. The molecule has 3 atom stereocenters. The first kappa shape index (κ1) is 23.7. The summed E-state index contributed by atoms with van der Waals surface area (Å²) in [5.74, 6) is -5.73. The van der Waals surface area contributed by atoms with Crippen molar-refractivity contribution < 1.29 is 13.2 Å². The molecule has 0 aliphatic heterocycles. The summed E-state index contributed by atoms with van der Waals surface area (Å²) in [4.78, 5) is 0. The number of hydrogen-bond acceptors (Lipinski definition) is 7. The molecular formula is C13H29F3N4S3. The van der Waals surface area contributed by atoms with Gasteiger partial charge in [-0.1, -0.05) is 6.92 Å². The highest BCUT2D eigenvalue weighted by Gasteiger charge is 2.37. The van der Waals surface area contributed by atoms with Gasteiger partial charge in [-0.3, -0.25) is 16.0 Å². The van der Waals surface area contributed by atoms with Gasteiger partial charge in [-0.25, -0.2) is 13.2 Å². The quantitative estimate of drug-likeness (QED) is 0.179. The minimum atomic E-state index is -2.06. The normalized spacial score (nSPS) is 19.8. The van der Waals surface area contributed by atoms with E-state index >= 15 is 0 Å². The Morgan fingerprint density at radius 2 is 1.26 bits per heavy atom. The van der Waals surface area contributed by atoms with E-state index in [2.05, 4.69) is 59.2 Å². The lowest BCUT2D eigenvalue weighted by atomic mass is 10.1. The lowest BCUT2D eigenvalue weighted by Gasteiger charge is -2.34. The summed E-state index contributed by atoms with van der Waals surface area (Å²) in [7, 11) is 1.61. The zero-order valence-electron chi connectivity index (χ0n) is 13.6. The number of thiol groups is 3. The van der Waals surface area contributed by atoms with Gasteiger partial charge < -0.3 is 5.32 Å². The molecule has 0 spiro atoms. The van der Waals surface area contributed by atoms with Crippen molar-refractivity contribution in [3.8, 4) is 0 Å². The van der Waals surface area contributed by atoms with Crippen LogP contribution in [0.4, 0.5) is 13.2 Å². The molecule has 0 heterocycles. The Morgan fingerprint density at radius 3 is 1.65 bits per heavy atom. The Bertz CT molecular complexity index is 325. The fraction of sp³-hybridized carbons (Fsp3) is 1.00. The predicted octanol–water partition coefficient (Wildman–Crippen LogP) is 1.17. The maximum absolute atomic E-state index is 14.8. The minimum Gasteiger partial charge on any atom is -0.315 e. The van der Waals surface area contributed by atoms with Crippen LogP contribution in [0.15, 0.2) is 0 Å². The largest absolute Gasteiger partial charge is 0.315 e. The summed E-state index contributed by atoms with van der Waals surface area (Å²) in [5.41, 5.74) is 0. The second-order valence-corrected chi connectivity index (χ2v) is 6.53. The standard InChI is InChI=1S/C13H29F3N4S3/c1-3-18-12(15,9-22)7-20-13(16,10-23)8-19-11(14,4-5-21)6-17-2/h17-23H,3-10H2,1-2H3/t11?,12-,13+/m0/s1. The first-order valence-corrected chi connectivity index (χ1v) is 9.41. The number of hydrogen-bond donors (Lipinski definition) is 7. The SMILES string of the molecule is CCN[C@](F)(CS)CN[C@@](F)(CS)CNC(F)(CCS)CNC. The molecule has 10 heteroatoms. The molecule has 0 aromatic heterocycles. The van der Waals surface area contributed by atoms with E-state index in [4.69, 9.17) is 0 Å². The van der Waals surface area contributed by atoms with Gasteiger partial charge in [0.05, 0.1) is 0 Å². The van der Waals surface area contributed by atoms with Crippen molar-refractivity contribution in [2.45, 2.75) is 30.7 Å². The topological polar surface area (TPSA) is 48.1 Å². The average Bonchev–Trinajstić information content (AvgIpc) is 2.52. The fourth-order valence-corrected chi connectivity index (χ4v) is 2.76. The highest BCUT2D eigenvalue weighted by molar-refractivity contribution is 7.80. The number of rotatable bonds is 14. The van der Waals surface area contributed by atoms with E-state index in [0.717, 1.165) is 0 Å². The van der Waals surface area contributed by atoms with Crippen LogP contribution in [0.2, 0.25) is 0 Å². The lowest BCUT2D eigenvalue weighted by molar-refractivity contribution is 0.0474. The van der Waals surface area contributed by atoms with Crippen molar-refractivity contribution in [2.24, 2.45) is 0 Å². The first-order valence-electron chi connectivity index (χ1n) is 7.51. The third-order valence-corrected chi connectivity index (χ3v) is 4.56. The number of halogens is 3. The molecule has 4 nitrogen and oxygen atoms in total. The predicted molar refractivity (Wildman–Crippen MR) is 101 cm³/mol. The summed E-state index contributed by atoms with van der Waals surface area (Å²) in [6, 6.07) is 0. The van der Waals surface area contributed by atoms with E-state index < -0.39 is 17.4 Å². The molecule has 0 bridgehead atoms. The Balaban J connectivity index is 4.70. The zero-order chi connectivity index (χ0) is 18.0. The highest BCUT2D eigenvalue weighted by atomic mass is 32.1. The zero-order valence-corrected chi connectivity index (χ0v) is 16.3. The van der Waals surface area contributed by atoms with Crippen LogP contribution in [-0.2, 0) is 0 Å². The van der Waals surface area contributed by atoms with Gasteiger partial charge in [-0.2, -0.15) is 37.9 Å². The molecular weight excluding hydrogens is 365 g/mol. The molecule has 23 heavy (non-hydrogen) atoms. The van der Waals surface area contributed by atoms with Crippen LogP contribution in [0.3, 0.4) is 0 Å². The molecule has 0 saturated heterocycles. The molecule has 0 saturated carbocycles. The second kappa shape index (κ2) is 11.3. The third-order valence-electron chi connectivity index (χ3n) is 3.33. The Kier molecular flexibility index (Phi) is 11.7. The molecule has 4 N–H and O–H groups in total. The first-order chi connectivity index (χ1) is 10.7. The van der Waals surface area contributed by atoms with E-state index in [1.165, 1.54) is 0 Å². The van der Waals surface area contributed by atoms with Crippen molar-refractivity contribution in [3.05, 3.63) is 0 Å². The van der Waals surface area contributed by atoms with E-state index in [1.807, 2.05) is 0 Å². The molecule has 140 valence electrons. The van der Waals surface area contributed by atoms with Gasteiger partial charge >= 0.3 is 0 Å². The van der Waals surface area contributed by atoms with Crippen LogP contribution in [0.25, 0.3) is 0 Å². The smallest absolute Gasteiger partial charge is 0.183 e. The lowest BCUT2D eigenvalue weighted by Crippen LogP contribution is -2.61. The molecule has 0 aromatic rings. The van der Waals surface area contributed by atoms with Gasteiger partial charge in [0.2, 0.25) is 0 Å². The van der Waals surface area contributed by atoms with Crippen molar-refractivity contribution in [1.29, 1.82) is 0 Å². The van der Waals surface area contributed by atoms with Crippen molar-refractivity contribution in [3.63, 3.8) is 0 Å². The van der Waals surface area contributed by atoms with Gasteiger partial charge in [0.15, 0.2) is 17.4 Å².